The summed E-state index contributed by atoms with van der Waals surface area (Å²) in [6.07, 6.45) is 13.1. The number of aliphatic imine (C=N–C) groups is 1. The third-order valence-electron chi connectivity index (χ3n) is 7.72. The minimum Gasteiger partial charge on any atom is -0.379 e. The van der Waals surface area contributed by atoms with Gasteiger partial charge in [0.15, 0.2) is 11.8 Å². The van der Waals surface area contributed by atoms with Crippen LogP contribution >= 0.6 is 0 Å². The molecule has 1 aromatic rings. The Hall–Kier alpha value is -1.67. The van der Waals surface area contributed by atoms with E-state index in [4.69, 9.17) is 9.73 Å². The molecular formula is C24H43N7O. The summed E-state index contributed by atoms with van der Waals surface area (Å²) in [6.45, 7) is 8.56. The van der Waals surface area contributed by atoms with Crippen molar-refractivity contribution in [2.45, 2.75) is 83.7 Å². The first-order valence-corrected chi connectivity index (χ1v) is 12.8. The topological polar surface area (TPSA) is 79.6 Å². The number of aromatic nitrogens is 3. The highest BCUT2D eigenvalue weighted by molar-refractivity contribution is 5.80. The number of hydrogen-bond donors (Lipinski definition) is 2. The van der Waals surface area contributed by atoms with Crippen LogP contribution in [0.4, 0.5) is 0 Å². The van der Waals surface area contributed by atoms with Crippen molar-refractivity contribution in [3.8, 4) is 0 Å². The largest absolute Gasteiger partial charge is 0.379 e. The fourth-order valence-electron chi connectivity index (χ4n) is 5.53. The summed E-state index contributed by atoms with van der Waals surface area (Å²) < 4.78 is 7.62. The summed E-state index contributed by atoms with van der Waals surface area (Å²) >= 11 is 0. The molecule has 2 saturated carbocycles. The van der Waals surface area contributed by atoms with Crippen molar-refractivity contribution < 1.29 is 4.74 Å². The molecule has 4 rings (SSSR count). The van der Waals surface area contributed by atoms with Crippen molar-refractivity contribution in [2.75, 3.05) is 39.4 Å². The molecule has 1 saturated heterocycles. The molecule has 2 aliphatic carbocycles. The van der Waals surface area contributed by atoms with E-state index in [2.05, 4.69) is 25.7 Å². The van der Waals surface area contributed by atoms with Crippen molar-refractivity contribution >= 4 is 5.96 Å². The van der Waals surface area contributed by atoms with Gasteiger partial charge in [-0.15, -0.1) is 10.2 Å². The smallest absolute Gasteiger partial charge is 0.191 e. The van der Waals surface area contributed by atoms with Gasteiger partial charge in [0, 0.05) is 44.7 Å². The van der Waals surface area contributed by atoms with Crippen LogP contribution in [0.5, 0.6) is 0 Å². The summed E-state index contributed by atoms with van der Waals surface area (Å²) in [6, 6.07) is 0.526. The van der Waals surface area contributed by atoms with Crippen LogP contribution in [0.25, 0.3) is 0 Å². The Morgan fingerprint density at radius 1 is 1.06 bits per heavy atom. The lowest BCUT2D eigenvalue weighted by Gasteiger charge is -2.42. The Bertz CT molecular complexity index is 729. The van der Waals surface area contributed by atoms with E-state index in [-0.39, 0.29) is 0 Å². The molecule has 0 spiro atoms. The van der Waals surface area contributed by atoms with Crippen molar-refractivity contribution in [1.29, 1.82) is 0 Å². The van der Waals surface area contributed by atoms with Gasteiger partial charge in [-0.1, -0.05) is 38.5 Å². The van der Waals surface area contributed by atoms with Gasteiger partial charge in [0.2, 0.25) is 0 Å². The van der Waals surface area contributed by atoms with Crippen molar-refractivity contribution in [3.63, 3.8) is 0 Å². The lowest BCUT2D eigenvalue weighted by atomic mass is 9.73. The maximum Gasteiger partial charge on any atom is 0.191 e. The molecule has 32 heavy (non-hydrogen) atoms. The predicted molar refractivity (Wildman–Crippen MR) is 128 cm³/mol. The molecule has 0 unspecified atom stereocenters. The highest BCUT2D eigenvalue weighted by Crippen LogP contribution is 2.36. The van der Waals surface area contributed by atoms with Crippen molar-refractivity contribution in [2.24, 2.45) is 17.5 Å². The Balaban J connectivity index is 1.43. The number of nitrogens with one attached hydrogen (secondary N) is 2. The maximum atomic E-state index is 5.59. The van der Waals surface area contributed by atoms with Gasteiger partial charge >= 0.3 is 0 Å². The molecule has 0 bridgehead atoms. The van der Waals surface area contributed by atoms with Crippen LogP contribution in [0.15, 0.2) is 4.99 Å². The summed E-state index contributed by atoms with van der Waals surface area (Å²) in [5.74, 6) is 2.79. The van der Waals surface area contributed by atoms with Gasteiger partial charge in [-0.3, -0.25) is 4.90 Å². The van der Waals surface area contributed by atoms with Gasteiger partial charge < -0.3 is 19.9 Å². The second kappa shape index (κ2) is 11.5. The molecule has 1 aromatic heterocycles. The number of rotatable bonds is 7. The summed E-state index contributed by atoms with van der Waals surface area (Å²) in [5.41, 5.74) is 0.325. The molecule has 3 aliphatic rings. The van der Waals surface area contributed by atoms with Gasteiger partial charge in [-0.2, -0.15) is 0 Å². The van der Waals surface area contributed by atoms with E-state index < -0.39 is 0 Å². The highest BCUT2D eigenvalue weighted by Gasteiger charge is 2.34. The van der Waals surface area contributed by atoms with Crippen molar-refractivity contribution in [3.05, 3.63) is 11.6 Å². The fraction of sp³-hybridized carbons (Fsp3) is 0.875. The molecule has 2 heterocycles. The highest BCUT2D eigenvalue weighted by atomic mass is 16.5. The molecule has 8 heteroatoms. The first-order valence-electron chi connectivity index (χ1n) is 12.8. The average molecular weight is 446 g/mol. The molecule has 8 nitrogen and oxygen atoms in total. The molecule has 0 aromatic carbocycles. The second-order valence-electron chi connectivity index (χ2n) is 10.2. The van der Waals surface area contributed by atoms with Crippen LogP contribution in [0, 0.1) is 12.3 Å². The van der Waals surface area contributed by atoms with E-state index in [1.807, 2.05) is 18.5 Å². The SMILES string of the molecule is Cc1nnc(CN=C(NCC2(CN3CCOCC3)CCCCC2)NC2CCCCC2)n1C. The molecule has 3 fully saturated rings. The fourth-order valence-corrected chi connectivity index (χ4v) is 5.53. The molecule has 0 radical (unpaired) electrons. The van der Waals surface area contributed by atoms with E-state index in [0.717, 1.165) is 50.5 Å². The molecule has 1 aliphatic heterocycles. The van der Waals surface area contributed by atoms with Gasteiger partial charge in [0.1, 0.15) is 12.4 Å². The maximum absolute atomic E-state index is 5.59. The van der Waals surface area contributed by atoms with E-state index in [0.29, 0.717) is 18.0 Å². The Morgan fingerprint density at radius 3 is 2.47 bits per heavy atom. The monoisotopic (exact) mass is 445 g/mol. The molecule has 180 valence electrons. The number of aryl methyl sites for hydroxylation is 1. The Labute approximate surface area is 193 Å². The lowest BCUT2D eigenvalue weighted by Crippen LogP contribution is -2.52. The minimum absolute atomic E-state index is 0.325. The molecule has 2 N–H and O–H groups in total. The van der Waals surface area contributed by atoms with Crippen LogP contribution in [0.3, 0.4) is 0 Å². The average Bonchev–Trinajstić information content (AvgIpc) is 3.15. The van der Waals surface area contributed by atoms with E-state index in [1.165, 1.54) is 70.8 Å². The third-order valence-corrected chi connectivity index (χ3v) is 7.72. The first kappa shape index (κ1) is 23.5. The normalized spacial score (nSPS) is 23.2. The van der Waals surface area contributed by atoms with E-state index >= 15 is 0 Å². The van der Waals surface area contributed by atoms with Gasteiger partial charge in [0.05, 0.1) is 13.2 Å². The minimum atomic E-state index is 0.325. The summed E-state index contributed by atoms with van der Waals surface area (Å²) in [5, 5.41) is 16.0. The zero-order chi connectivity index (χ0) is 22.2. The number of nitrogens with zero attached hydrogens (tertiary/aromatic N) is 5. The lowest BCUT2D eigenvalue weighted by molar-refractivity contribution is 0.00819. The summed E-state index contributed by atoms with van der Waals surface area (Å²) in [4.78, 5) is 7.58. The van der Waals surface area contributed by atoms with Crippen LogP contribution in [0.2, 0.25) is 0 Å². The van der Waals surface area contributed by atoms with E-state index in [9.17, 15) is 0 Å². The number of hydrogen-bond acceptors (Lipinski definition) is 5. The van der Waals surface area contributed by atoms with E-state index in [1.54, 1.807) is 0 Å². The van der Waals surface area contributed by atoms with Gasteiger partial charge in [0.25, 0.3) is 0 Å². The second-order valence-corrected chi connectivity index (χ2v) is 10.2. The first-order chi connectivity index (χ1) is 15.6. The standard InChI is InChI=1S/C24H43N7O/c1-20-28-29-22(30(20)2)17-25-23(27-21-9-5-3-6-10-21)26-18-24(11-7-4-8-12-24)19-31-13-15-32-16-14-31/h21H,3-19H2,1-2H3,(H2,25,26,27). The van der Waals surface area contributed by atoms with Gasteiger partial charge in [-0.05, 0) is 32.6 Å². The predicted octanol–water partition coefficient (Wildman–Crippen LogP) is 2.77. The number of morpholine rings is 1. The zero-order valence-electron chi connectivity index (χ0n) is 20.2. The molecular weight excluding hydrogens is 402 g/mol. The quantitative estimate of drug-likeness (QED) is 0.496. The van der Waals surface area contributed by atoms with Gasteiger partial charge in [-0.25, -0.2) is 4.99 Å². The van der Waals surface area contributed by atoms with Crippen LogP contribution in [-0.4, -0.2) is 71.1 Å². The van der Waals surface area contributed by atoms with Crippen LogP contribution in [0.1, 0.15) is 75.9 Å². The van der Waals surface area contributed by atoms with Crippen LogP contribution < -0.4 is 10.6 Å². The Kier molecular flexibility index (Phi) is 8.41. The number of ether oxygens (including phenoxy) is 1. The zero-order valence-corrected chi connectivity index (χ0v) is 20.2. The number of guanidine groups is 1. The summed E-state index contributed by atoms with van der Waals surface area (Å²) in [7, 11) is 2.02. The van der Waals surface area contributed by atoms with Crippen molar-refractivity contribution in [1.82, 2.24) is 30.3 Å². The molecule has 0 atom stereocenters. The Morgan fingerprint density at radius 2 is 1.78 bits per heavy atom. The van der Waals surface area contributed by atoms with Crippen LogP contribution in [-0.2, 0) is 18.3 Å². The third kappa shape index (κ3) is 6.44. The molecule has 0 amide bonds.